The summed E-state index contributed by atoms with van der Waals surface area (Å²) in [5.74, 6) is -0.0112. The van der Waals surface area contributed by atoms with E-state index < -0.39 is 11.7 Å². The summed E-state index contributed by atoms with van der Waals surface area (Å²) in [4.78, 5) is 29.9. The standard InChI is InChI=1S/C16H18N2O4S/c1-10-13(15(19)22-3)14(18-16(20)17-10)23-9-12(21-2)11-7-5-4-6-8-11/h4-8,12H,9H2,1-3H3,(H,17,18,20). The summed E-state index contributed by atoms with van der Waals surface area (Å²) in [7, 11) is 2.92. The van der Waals surface area contributed by atoms with E-state index in [2.05, 4.69) is 9.97 Å². The van der Waals surface area contributed by atoms with E-state index in [-0.39, 0.29) is 11.7 Å². The van der Waals surface area contributed by atoms with Crippen LogP contribution in [-0.4, -0.2) is 35.9 Å². The van der Waals surface area contributed by atoms with Gasteiger partial charge in [0.05, 0.1) is 13.2 Å². The third-order valence-electron chi connectivity index (χ3n) is 3.30. The smallest absolute Gasteiger partial charge is 0.346 e. The monoisotopic (exact) mass is 334 g/mol. The van der Waals surface area contributed by atoms with E-state index in [0.717, 1.165) is 5.56 Å². The first-order chi connectivity index (χ1) is 11.1. The summed E-state index contributed by atoms with van der Waals surface area (Å²) in [5.41, 5.74) is 1.24. The molecule has 1 heterocycles. The van der Waals surface area contributed by atoms with E-state index >= 15 is 0 Å². The van der Waals surface area contributed by atoms with Crippen molar-refractivity contribution in [1.82, 2.24) is 9.97 Å². The number of aryl methyl sites for hydroxylation is 1. The summed E-state index contributed by atoms with van der Waals surface area (Å²) >= 11 is 1.29. The second-order valence-corrected chi connectivity index (χ2v) is 5.79. The Morgan fingerprint density at radius 2 is 2.00 bits per heavy atom. The Kier molecular flexibility index (Phi) is 5.95. The lowest BCUT2D eigenvalue weighted by Crippen LogP contribution is -2.19. The highest BCUT2D eigenvalue weighted by Gasteiger charge is 2.20. The van der Waals surface area contributed by atoms with Gasteiger partial charge in [0.25, 0.3) is 0 Å². The quantitative estimate of drug-likeness (QED) is 0.496. The van der Waals surface area contributed by atoms with E-state index in [1.165, 1.54) is 18.9 Å². The van der Waals surface area contributed by atoms with Gasteiger partial charge < -0.3 is 14.5 Å². The summed E-state index contributed by atoms with van der Waals surface area (Å²) < 4.78 is 10.3. The van der Waals surface area contributed by atoms with Gasteiger partial charge in [-0.2, -0.15) is 4.98 Å². The maximum absolute atomic E-state index is 11.9. The molecule has 1 atom stereocenters. The molecule has 0 aliphatic carbocycles. The Labute approximate surface area is 138 Å². The number of aromatic amines is 1. The predicted octanol–water partition coefficient (Wildman–Crippen LogP) is 2.34. The zero-order valence-corrected chi connectivity index (χ0v) is 14.0. The molecular formula is C16H18N2O4S. The van der Waals surface area contributed by atoms with E-state index in [9.17, 15) is 9.59 Å². The molecule has 0 saturated carbocycles. The molecule has 23 heavy (non-hydrogen) atoms. The minimum atomic E-state index is -0.526. The summed E-state index contributed by atoms with van der Waals surface area (Å²) in [5, 5.41) is 0.344. The number of esters is 1. The van der Waals surface area contributed by atoms with Crippen LogP contribution in [0.5, 0.6) is 0 Å². The van der Waals surface area contributed by atoms with E-state index in [4.69, 9.17) is 9.47 Å². The van der Waals surface area contributed by atoms with Gasteiger partial charge in [-0.15, -0.1) is 11.8 Å². The van der Waals surface area contributed by atoms with Gasteiger partial charge in [-0.1, -0.05) is 30.3 Å². The van der Waals surface area contributed by atoms with Crippen LogP contribution < -0.4 is 5.69 Å². The second-order valence-electron chi connectivity index (χ2n) is 4.78. The van der Waals surface area contributed by atoms with Crippen LogP contribution in [0.3, 0.4) is 0 Å². The number of aromatic nitrogens is 2. The van der Waals surface area contributed by atoms with Crippen molar-refractivity contribution in [3.05, 3.63) is 57.6 Å². The topological polar surface area (TPSA) is 81.3 Å². The number of methoxy groups -OCH3 is 2. The highest BCUT2D eigenvalue weighted by Crippen LogP contribution is 2.28. The maximum atomic E-state index is 11.9. The molecule has 2 aromatic rings. The molecule has 0 aliphatic heterocycles. The largest absolute Gasteiger partial charge is 0.465 e. The Bertz CT molecular complexity index is 731. The number of thioether (sulfide) groups is 1. The van der Waals surface area contributed by atoms with Gasteiger partial charge in [-0.3, -0.25) is 0 Å². The van der Waals surface area contributed by atoms with Gasteiger partial charge in [0.15, 0.2) is 0 Å². The molecule has 0 aliphatic rings. The highest BCUT2D eigenvalue weighted by atomic mass is 32.2. The molecule has 0 bridgehead atoms. The molecule has 0 amide bonds. The van der Waals surface area contributed by atoms with Gasteiger partial charge in [0.1, 0.15) is 10.6 Å². The lowest BCUT2D eigenvalue weighted by Gasteiger charge is -2.16. The fourth-order valence-electron chi connectivity index (χ4n) is 2.13. The van der Waals surface area contributed by atoms with Crippen LogP contribution in [0.15, 0.2) is 40.2 Å². The lowest BCUT2D eigenvalue weighted by atomic mass is 10.1. The molecule has 1 aromatic heterocycles. The van der Waals surface area contributed by atoms with Crippen molar-refractivity contribution in [3.63, 3.8) is 0 Å². The number of hydrogen-bond acceptors (Lipinski definition) is 6. The Hall–Kier alpha value is -2.12. The number of carbonyl (C=O) groups is 1. The minimum absolute atomic E-state index is 0.173. The molecule has 122 valence electrons. The Balaban J connectivity index is 2.26. The van der Waals surface area contributed by atoms with Gasteiger partial charge >= 0.3 is 11.7 Å². The number of benzene rings is 1. The van der Waals surface area contributed by atoms with Crippen molar-refractivity contribution in [2.45, 2.75) is 18.1 Å². The van der Waals surface area contributed by atoms with E-state index in [0.29, 0.717) is 16.5 Å². The normalized spacial score (nSPS) is 12.0. The molecule has 1 N–H and O–H groups in total. The van der Waals surface area contributed by atoms with E-state index in [1.54, 1.807) is 14.0 Å². The number of rotatable bonds is 6. The maximum Gasteiger partial charge on any atom is 0.346 e. The number of nitrogens with zero attached hydrogens (tertiary/aromatic N) is 1. The molecule has 1 unspecified atom stereocenters. The van der Waals surface area contributed by atoms with Crippen molar-refractivity contribution in [2.75, 3.05) is 20.0 Å². The van der Waals surface area contributed by atoms with Crippen LogP contribution in [0.1, 0.15) is 27.7 Å². The van der Waals surface area contributed by atoms with Crippen LogP contribution >= 0.6 is 11.8 Å². The summed E-state index contributed by atoms with van der Waals surface area (Å²) in [6, 6.07) is 9.72. The molecule has 6 nitrogen and oxygen atoms in total. The molecule has 0 saturated heterocycles. The lowest BCUT2D eigenvalue weighted by molar-refractivity contribution is 0.0594. The van der Waals surface area contributed by atoms with Crippen LogP contribution in [0.2, 0.25) is 0 Å². The number of hydrogen-bond donors (Lipinski definition) is 1. The van der Waals surface area contributed by atoms with Gasteiger partial charge in [0, 0.05) is 18.6 Å². The second kappa shape index (κ2) is 7.94. The minimum Gasteiger partial charge on any atom is -0.465 e. The zero-order chi connectivity index (χ0) is 16.8. The number of nitrogens with one attached hydrogen (secondary N) is 1. The zero-order valence-electron chi connectivity index (χ0n) is 13.2. The Morgan fingerprint density at radius 3 is 2.61 bits per heavy atom. The van der Waals surface area contributed by atoms with Gasteiger partial charge in [0.2, 0.25) is 0 Å². The molecule has 2 rings (SSSR count). The van der Waals surface area contributed by atoms with Crippen molar-refractivity contribution < 1.29 is 14.3 Å². The predicted molar refractivity (Wildman–Crippen MR) is 87.9 cm³/mol. The first-order valence-corrected chi connectivity index (χ1v) is 7.95. The fourth-order valence-corrected chi connectivity index (χ4v) is 3.29. The molecule has 0 radical (unpaired) electrons. The summed E-state index contributed by atoms with van der Waals surface area (Å²) in [6.45, 7) is 1.64. The first kappa shape index (κ1) is 17.2. The molecule has 1 aromatic carbocycles. The molecule has 0 fully saturated rings. The molecule has 7 heteroatoms. The third kappa shape index (κ3) is 4.20. The fraction of sp³-hybridized carbons (Fsp3) is 0.312. The van der Waals surface area contributed by atoms with Gasteiger partial charge in [-0.25, -0.2) is 9.59 Å². The highest BCUT2D eigenvalue weighted by molar-refractivity contribution is 7.99. The molecule has 0 spiro atoms. The SMILES string of the molecule is COC(=O)c1c(SCC(OC)c2ccccc2)nc(=O)[nH]c1C. The number of carbonyl (C=O) groups excluding carboxylic acids is 1. The van der Waals surface area contributed by atoms with Crippen LogP contribution in [0.25, 0.3) is 0 Å². The average Bonchev–Trinajstić information content (AvgIpc) is 2.55. The van der Waals surface area contributed by atoms with Crippen molar-refractivity contribution in [2.24, 2.45) is 0 Å². The van der Waals surface area contributed by atoms with Crippen LogP contribution in [0, 0.1) is 6.92 Å². The Morgan fingerprint density at radius 1 is 1.30 bits per heavy atom. The third-order valence-corrected chi connectivity index (χ3v) is 4.34. The van der Waals surface area contributed by atoms with Crippen molar-refractivity contribution in [1.29, 1.82) is 0 Å². The van der Waals surface area contributed by atoms with Crippen LogP contribution in [0.4, 0.5) is 0 Å². The number of ether oxygens (including phenoxy) is 2. The summed E-state index contributed by atoms with van der Waals surface area (Å²) in [6.07, 6.45) is -0.173. The van der Waals surface area contributed by atoms with Crippen molar-refractivity contribution >= 4 is 17.7 Å². The first-order valence-electron chi connectivity index (χ1n) is 6.96. The molecular weight excluding hydrogens is 316 g/mol. The number of H-pyrrole nitrogens is 1. The van der Waals surface area contributed by atoms with Crippen LogP contribution in [-0.2, 0) is 9.47 Å². The van der Waals surface area contributed by atoms with Gasteiger partial charge in [-0.05, 0) is 12.5 Å². The average molecular weight is 334 g/mol. The van der Waals surface area contributed by atoms with E-state index in [1.807, 2.05) is 30.3 Å². The van der Waals surface area contributed by atoms with Crippen molar-refractivity contribution in [3.8, 4) is 0 Å².